The predicted molar refractivity (Wildman–Crippen MR) is 73.2 cm³/mol. The van der Waals surface area contributed by atoms with Crippen molar-refractivity contribution in [1.82, 2.24) is 9.97 Å². The molecule has 2 rings (SSSR count). The highest BCUT2D eigenvalue weighted by Gasteiger charge is 2.14. The third kappa shape index (κ3) is 2.60. The minimum atomic E-state index is -0.245. The molecule has 5 nitrogen and oxygen atoms in total. The van der Waals surface area contributed by atoms with Crippen LogP contribution in [0.3, 0.4) is 0 Å². The summed E-state index contributed by atoms with van der Waals surface area (Å²) >= 11 is 6.97. The number of nitrogens with one attached hydrogen (secondary N) is 1. The number of nitrogen functional groups attached to an aromatic ring is 1. The maximum Gasteiger partial charge on any atom is 0.267 e. The number of thiazole rings is 1. The average Bonchev–Trinajstić information content (AvgIpc) is 2.63. The molecule has 2 aromatic heterocycles. The number of hydrogen-bond acceptors (Lipinski definition) is 5. The molecule has 18 heavy (non-hydrogen) atoms. The quantitative estimate of drug-likeness (QED) is 0.830. The smallest absolute Gasteiger partial charge is 0.267 e. The number of amides is 1. The lowest BCUT2D eigenvalue weighted by atomic mass is 10.3. The summed E-state index contributed by atoms with van der Waals surface area (Å²) < 4.78 is 0. The maximum absolute atomic E-state index is 12.0. The number of nitrogens with zero attached hydrogens (tertiary/aromatic N) is 2. The predicted octanol–water partition coefficient (Wildman–Crippen LogP) is 2.64. The molecule has 0 radical (unpaired) electrons. The average molecular weight is 283 g/mol. The van der Waals surface area contributed by atoms with Crippen molar-refractivity contribution in [2.45, 2.75) is 13.8 Å². The van der Waals surface area contributed by atoms with E-state index in [1.165, 1.54) is 6.20 Å². The molecule has 2 heterocycles. The number of aryl methyl sites for hydroxylation is 2. The number of hydrogen-bond donors (Lipinski definition) is 2. The molecule has 0 aliphatic carbocycles. The SMILES string of the molecule is Cc1cc(NC(=O)c2sc(N)nc2C)cnc1Cl. The summed E-state index contributed by atoms with van der Waals surface area (Å²) in [4.78, 5) is 20.5. The Hall–Kier alpha value is -1.66. The Morgan fingerprint density at radius 3 is 2.78 bits per heavy atom. The van der Waals surface area contributed by atoms with Crippen LogP contribution in [0.4, 0.5) is 10.8 Å². The lowest BCUT2D eigenvalue weighted by molar-refractivity contribution is 0.103. The molecule has 3 N–H and O–H groups in total. The first kappa shape index (κ1) is 12.8. The lowest BCUT2D eigenvalue weighted by Gasteiger charge is -2.05. The highest BCUT2D eigenvalue weighted by molar-refractivity contribution is 7.17. The van der Waals surface area contributed by atoms with Crippen molar-refractivity contribution in [2.24, 2.45) is 0 Å². The minimum absolute atomic E-state index is 0.245. The van der Waals surface area contributed by atoms with E-state index in [1.54, 1.807) is 13.0 Å². The van der Waals surface area contributed by atoms with E-state index >= 15 is 0 Å². The topological polar surface area (TPSA) is 80.9 Å². The fourth-order valence-corrected chi connectivity index (χ4v) is 2.27. The molecule has 7 heteroatoms. The Bertz CT molecular complexity index is 611. The Labute approximate surface area is 113 Å². The van der Waals surface area contributed by atoms with Crippen molar-refractivity contribution in [3.05, 3.63) is 33.6 Å². The van der Waals surface area contributed by atoms with Gasteiger partial charge < -0.3 is 11.1 Å². The molecular formula is C11H11ClN4OS. The molecule has 1 amide bonds. The fourth-order valence-electron chi connectivity index (χ4n) is 1.44. The van der Waals surface area contributed by atoms with Gasteiger partial charge in [-0.05, 0) is 25.5 Å². The van der Waals surface area contributed by atoms with E-state index in [0.29, 0.717) is 26.5 Å². The second-order valence-electron chi connectivity index (χ2n) is 3.75. The van der Waals surface area contributed by atoms with Gasteiger partial charge in [0.25, 0.3) is 5.91 Å². The second kappa shape index (κ2) is 4.91. The van der Waals surface area contributed by atoms with Gasteiger partial charge in [0.05, 0.1) is 17.6 Å². The number of halogens is 1. The van der Waals surface area contributed by atoms with Crippen LogP contribution in [-0.4, -0.2) is 15.9 Å². The fraction of sp³-hybridized carbons (Fsp3) is 0.182. The van der Waals surface area contributed by atoms with Crippen molar-refractivity contribution in [3.63, 3.8) is 0 Å². The number of pyridine rings is 1. The number of nitrogens with two attached hydrogens (primary N) is 1. The van der Waals surface area contributed by atoms with Crippen molar-refractivity contribution in [1.29, 1.82) is 0 Å². The van der Waals surface area contributed by atoms with Crippen LogP contribution in [0, 0.1) is 13.8 Å². The van der Waals surface area contributed by atoms with E-state index in [4.69, 9.17) is 17.3 Å². The Morgan fingerprint density at radius 1 is 1.50 bits per heavy atom. The Balaban J connectivity index is 2.21. The van der Waals surface area contributed by atoms with E-state index in [0.717, 1.165) is 16.9 Å². The van der Waals surface area contributed by atoms with Crippen LogP contribution in [-0.2, 0) is 0 Å². The summed E-state index contributed by atoms with van der Waals surface area (Å²) in [7, 11) is 0. The third-order valence-electron chi connectivity index (χ3n) is 2.29. The molecule has 0 atom stereocenters. The largest absolute Gasteiger partial charge is 0.375 e. The number of carbonyl (C=O) groups is 1. The van der Waals surface area contributed by atoms with Gasteiger partial charge in [-0.25, -0.2) is 9.97 Å². The van der Waals surface area contributed by atoms with Gasteiger partial charge in [-0.2, -0.15) is 0 Å². The molecule has 0 bridgehead atoms. The first-order valence-electron chi connectivity index (χ1n) is 5.14. The third-order valence-corrected chi connectivity index (χ3v) is 3.67. The second-order valence-corrected chi connectivity index (χ2v) is 5.14. The Morgan fingerprint density at radius 2 is 2.22 bits per heavy atom. The standard InChI is InChI=1S/C11H11ClN4OS/c1-5-3-7(4-14-9(5)12)16-10(17)8-6(2)15-11(13)18-8/h3-4H,1-2H3,(H2,13,15)(H,16,17). The van der Waals surface area contributed by atoms with Crippen LogP contribution < -0.4 is 11.1 Å². The zero-order valence-electron chi connectivity index (χ0n) is 9.82. The highest BCUT2D eigenvalue weighted by atomic mass is 35.5. The van der Waals surface area contributed by atoms with Gasteiger partial charge in [-0.1, -0.05) is 22.9 Å². The lowest BCUT2D eigenvalue weighted by Crippen LogP contribution is -2.11. The van der Waals surface area contributed by atoms with Crippen LogP contribution in [0.25, 0.3) is 0 Å². The highest BCUT2D eigenvalue weighted by Crippen LogP contribution is 2.22. The summed E-state index contributed by atoms with van der Waals surface area (Å²) in [6.07, 6.45) is 1.51. The van der Waals surface area contributed by atoms with E-state index in [-0.39, 0.29) is 5.91 Å². The summed E-state index contributed by atoms with van der Waals surface area (Å²) in [6, 6.07) is 1.76. The van der Waals surface area contributed by atoms with Crippen LogP contribution in [0.2, 0.25) is 5.15 Å². The van der Waals surface area contributed by atoms with Gasteiger partial charge in [0.2, 0.25) is 0 Å². The molecule has 2 aromatic rings. The first-order valence-corrected chi connectivity index (χ1v) is 6.33. The summed E-state index contributed by atoms with van der Waals surface area (Å²) in [6.45, 7) is 3.56. The molecule has 0 aromatic carbocycles. The Kier molecular flexibility index (Phi) is 3.49. The van der Waals surface area contributed by atoms with E-state index < -0.39 is 0 Å². The van der Waals surface area contributed by atoms with Crippen LogP contribution >= 0.6 is 22.9 Å². The molecular weight excluding hydrogens is 272 g/mol. The van der Waals surface area contributed by atoms with Crippen molar-refractivity contribution in [3.8, 4) is 0 Å². The molecule has 0 saturated carbocycles. The van der Waals surface area contributed by atoms with Gasteiger partial charge in [-0.15, -0.1) is 0 Å². The monoisotopic (exact) mass is 282 g/mol. The van der Waals surface area contributed by atoms with E-state index in [1.807, 2.05) is 6.92 Å². The molecule has 0 aliphatic heterocycles. The van der Waals surface area contributed by atoms with Crippen LogP contribution in [0.15, 0.2) is 12.3 Å². The van der Waals surface area contributed by atoms with Gasteiger partial charge in [-0.3, -0.25) is 4.79 Å². The number of anilines is 2. The van der Waals surface area contributed by atoms with E-state index in [9.17, 15) is 4.79 Å². The van der Waals surface area contributed by atoms with Gasteiger partial charge in [0.15, 0.2) is 5.13 Å². The molecule has 0 aliphatic rings. The molecule has 0 unspecified atom stereocenters. The zero-order valence-corrected chi connectivity index (χ0v) is 11.4. The molecule has 0 saturated heterocycles. The zero-order chi connectivity index (χ0) is 13.3. The maximum atomic E-state index is 12.0. The van der Waals surface area contributed by atoms with Crippen molar-refractivity contribution >= 4 is 39.7 Å². The number of carbonyl (C=O) groups excluding carboxylic acids is 1. The van der Waals surface area contributed by atoms with Crippen molar-refractivity contribution in [2.75, 3.05) is 11.1 Å². The van der Waals surface area contributed by atoms with Gasteiger partial charge in [0, 0.05) is 0 Å². The summed E-state index contributed by atoms with van der Waals surface area (Å²) in [5, 5.41) is 3.54. The number of aromatic nitrogens is 2. The summed E-state index contributed by atoms with van der Waals surface area (Å²) in [5.74, 6) is -0.245. The van der Waals surface area contributed by atoms with Gasteiger partial charge in [0.1, 0.15) is 10.0 Å². The molecule has 0 spiro atoms. The van der Waals surface area contributed by atoms with Crippen molar-refractivity contribution < 1.29 is 4.79 Å². The number of rotatable bonds is 2. The first-order chi connectivity index (χ1) is 8.47. The minimum Gasteiger partial charge on any atom is -0.375 e. The molecule has 94 valence electrons. The normalized spacial score (nSPS) is 10.4. The van der Waals surface area contributed by atoms with Crippen LogP contribution in [0.5, 0.6) is 0 Å². The summed E-state index contributed by atoms with van der Waals surface area (Å²) in [5.41, 5.74) is 7.56. The molecule has 0 fully saturated rings. The van der Waals surface area contributed by atoms with Crippen LogP contribution in [0.1, 0.15) is 20.9 Å². The van der Waals surface area contributed by atoms with E-state index in [2.05, 4.69) is 15.3 Å². The van der Waals surface area contributed by atoms with Gasteiger partial charge >= 0.3 is 0 Å².